The zero-order valence-corrected chi connectivity index (χ0v) is 13.2. The van der Waals surface area contributed by atoms with Gasteiger partial charge in [-0.2, -0.15) is 0 Å². The number of benzene rings is 1. The highest BCUT2D eigenvalue weighted by Gasteiger charge is 2.19. The number of carbonyl (C=O) groups excluding carboxylic acids is 1. The van der Waals surface area contributed by atoms with Gasteiger partial charge in [-0.05, 0) is 51.2 Å². The van der Waals surface area contributed by atoms with E-state index in [2.05, 4.69) is 34.9 Å². The second-order valence-corrected chi connectivity index (χ2v) is 6.65. The summed E-state index contributed by atoms with van der Waals surface area (Å²) in [6.07, 6.45) is 3.09. The Morgan fingerprint density at radius 2 is 1.81 bits per heavy atom. The summed E-state index contributed by atoms with van der Waals surface area (Å²) in [5.41, 5.74) is 2.09. The van der Waals surface area contributed by atoms with Crippen molar-refractivity contribution in [1.82, 2.24) is 10.6 Å². The van der Waals surface area contributed by atoms with Crippen LogP contribution in [0.15, 0.2) is 24.3 Å². The number of amides is 1. The Labute approximate surface area is 127 Å². The van der Waals surface area contributed by atoms with Crippen LogP contribution in [-0.4, -0.2) is 24.3 Å². The maximum Gasteiger partial charge on any atom is 0.407 e. The van der Waals surface area contributed by atoms with Crippen molar-refractivity contribution in [2.75, 3.05) is 6.54 Å². The van der Waals surface area contributed by atoms with Gasteiger partial charge in [-0.25, -0.2) is 4.79 Å². The Morgan fingerprint density at radius 3 is 2.38 bits per heavy atom. The van der Waals surface area contributed by atoms with Crippen molar-refractivity contribution < 1.29 is 9.53 Å². The molecule has 0 spiro atoms. The van der Waals surface area contributed by atoms with Gasteiger partial charge in [0.1, 0.15) is 5.60 Å². The highest BCUT2D eigenvalue weighted by Crippen LogP contribution is 2.19. The summed E-state index contributed by atoms with van der Waals surface area (Å²) in [7, 11) is 0. The molecule has 21 heavy (non-hydrogen) atoms. The molecule has 1 aromatic carbocycles. The van der Waals surface area contributed by atoms with Gasteiger partial charge in [0, 0.05) is 19.1 Å². The molecule has 1 fully saturated rings. The molecule has 0 saturated heterocycles. The van der Waals surface area contributed by atoms with Gasteiger partial charge in [-0.15, -0.1) is 0 Å². The Balaban J connectivity index is 1.67. The largest absolute Gasteiger partial charge is 0.444 e. The molecule has 1 aliphatic rings. The minimum Gasteiger partial charge on any atom is -0.444 e. The minimum absolute atomic E-state index is 0.354. The number of ether oxygens (including phenoxy) is 1. The fourth-order valence-corrected chi connectivity index (χ4v) is 2.00. The molecule has 0 aliphatic heterocycles. The topological polar surface area (TPSA) is 50.4 Å². The van der Waals surface area contributed by atoms with E-state index in [1.165, 1.54) is 24.0 Å². The Hall–Kier alpha value is -1.55. The van der Waals surface area contributed by atoms with Crippen LogP contribution in [0.5, 0.6) is 0 Å². The van der Waals surface area contributed by atoms with E-state index in [9.17, 15) is 4.79 Å². The van der Waals surface area contributed by atoms with Crippen molar-refractivity contribution in [1.29, 1.82) is 0 Å². The first-order chi connectivity index (χ1) is 9.92. The van der Waals surface area contributed by atoms with Gasteiger partial charge in [0.05, 0.1) is 0 Å². The molecule has 0 unspecified atom stereocenters. The van der Waals surface area contributed by atoms with Crippen molar-refractivity contribution in [2.45, 2.75) is 58.2 Å². The molecular weight excluding hydrogens is 264 g/mol. The summed E-state index contributed by atoms with van der Waals surface area (Å²) in [5, 5.41) is 6.28. The van der Waals surface area contributed by atoms with Crippen molar-refractivity contribution in [3.05, 3.63) is 35.4 Å². The predicted octanol–water partition coefficient (Wildman–Crippen LogP) is 3.01. The summed E-state index contributed by atoms with van der Waals surface area (Å²) in [5.74, 6) is 0. The molecule has 0 bridgehead atoms. The van der Waals surface area contributed by atoms with Gasteiger partial charge in [-0.1, -0.05) is 24.3 Å². The highest BCUT2D eigenvalue weighted by atomic mass is 16.6. The van der Waals surface area contributed by atoms with Gasteiger partial charge >= 0.3 is 6.09 Å². The normalized spacial score (nSPS) is 14.8. The van der Waals surface area contributed by atoms with Crippen LogP contribution in [0, 0.1) is 0 Å². The molecule has 4 heteroatoms. The molecule has 1 saturated carbocycles. The van der Waals surface area contributed by atoms with E-state index in [0.717, 1.165) is 19.0 Å². The van der Waals surface area contributed by atoms with Crippen LogP contribution in [-0.2, 0) is 17.7 Å². The number of nitrogens with one attached hydrogen (secondary N) is 2. The summed E-state index contributed by atoms with van der Waals surface area (Å²) < 4.78 is 5.20. The zero-order valence-electron chi connectivity index (χ0n) is 13.2. The average molecular weight is 290 g/mol. The lowest BCUT2D eigenvalue weighted by molar-refractivity contribution is 0.0528. The summed E-state index contributed by atoms with van der Waals surface area (Å²) in [6, 6.07) is 9.29. The Kier molecular flexibility index (Phi) is 5.23. The van der Waals surface area contributed by atoms with Crippen molar-refractivity contribution >= 4 is 6.09 Å². The fraction of sp³-hybridized carbons (Fsp3) is 0.588. The lowest BCUT2D eigenvalue weighted by Crippen LogP contribution is -2.33. The second kappa shape index (κ2) is 6.94. The Bertz CT molecular complexity index is 459. The summed E-state index contributed by atoms with van der Waals surface area (Å²) in [6.45, 7) is 7.12. The van der Waals surface area contributed by atoms with E-state index in [4.69, 9.17) is 4.74 Å². The van der Waals surface area contributed by atoms with E-state index >= 15 is 0 Å². The van der Waals surface area contributed by atoms with Crippen LogP contribution in [0.25, 0.3) is 0 Å². The first-order valence-electron chi connectivity index (χ1n) is 7.70. The van der Waals surface area contributed by atoms with Crippen molar-refractivity contribution in [2.24, 2.45) is 0 Å². The number of hydrogen-bond donors (Lipinski definition) is 2. The van der Waals surface area contributed by atoms with E-state index in [1.54, 1.807) is 0 Å². The molecule has 0 aromatic heterocycles. The van der Waals surface area contributed by atoms with E-state index in [1.807, 2.05) is 20.8 Å². The molecule has 2 rings (SSSR count). The van der Waals surface area contributed by atoms with Gasteiger partial charge in [0.25, 0.3) is 0 Å². The standard InChI is InChI=1S/C17H26N2O2/c1-17(2,3)21-16(20)18-11-10-13-4-6-14(7-5-13)12-19-15-8-9-15/h4-7,15,19H,8-12H2,1-3H3,(H,18,20). The molecule has 116 valence electrons. The van der Waals surface area contributed by atoms with Crippen LogP contribution in [0.2, 0.25) is 0 Å². The first-order valence-corrected chi connectivity index (χ1v) is 7.70. The van der Waals surface area contributed by atoms with Crippen LogP contribution < -0.4 is 10.6 Å². The number of hydrogen-bond acceptors (Lipinski definition) is 3. The molecule has 0 atom stereocenters. The average Bonchev–Trinajstić information content (AvgIpc) is 3.20. The quantitative estimate of drug-likeness (QED) is 0.847. The SMILES string of the molecule is CC(C)(C)OC(=O)NCCc1ccc(CNC2CC2)cc1. The Morgan fingerprint density at radius 1 is 1.19 bits per heavy atom. The third-order valence-electron chi connectivity index (χ3n) is 3.28. The highest BCUT2D eigenvalue weighted by molar-refractivity contribution is 5.67. The predicted molar refractivity (Wildman–Crippen MR) is 84.2 cm³/mol. The maximum atomic E-state index is 11.5. The van der Waals surface area contributed by atoms with Gasteiger partial charge in [-0.3, -0.25) is 0 Å². The third kappa shape index (κ3) is 6.63. The summed E-state index contributed by atoms with van der Waals surface area (Å²) in [4.78, 5) is 11.5. The van der Waals surface area contributed by atoms with Crippen molar-refractivity contribution in [3.63, 3.8) is 0 Å². The minimum atomic E-state index is -0.444. The van der Waals surface area contributed by atoms with Crippen LogP contribution >= 0.6 is 0 Å². The first kappa shape index (κ1) is 15.8. The van der Waals surface area contributed by atoms with E-state index in [0.29, 0.717) is 6.54 Å². The van der Waals surface area contributed by atoms with Gasteiger partial charge in [0.2, 0.25) is 0 Å². The molecule has 1 amide bonds. The molecular formula is C17H26N2O2. The van der Waals surface area contributed by atoms with Crippen molar-refractivity contribution in [3.8, 4) is 0 Å². The molecule has 2 N–H and O–H groups in total. The van der Waals surface area contributed by atoms with Gasteiger partial charge < -0.3 is 15.4 Å². The number of carbonyl (C=O) groups is 1. The zero-order chi connectivity index (χ0) is 15.3. The summed E-state index contributed by atoms with van der Waals surface area (Å²) >= 11 is 0. The molecule has 0 radical (unpaired) electrons. The number of rotatable bonds is 6. The smallest absolute Gasteiger partial charge is 0.407 e. The van der Waals surface area contributed by atoms with Crippen LogP contribution in [0.1, 0.15) is 44.7 Å². The van der Waals surface area contributed by atoms with E-state index < -0.39 is 5.60 Å². The molecule has 1 aliphatic carbocycles. The van der Waals surface area contributed by atoms with Gasteiger partial charge in [0.15, 0.2) is 0 Å². The van der Waals surface area contributed by atoms with Crippen LogP contribution in [0.4, 0.5) is 4.79 Å². The number of alkyl carbamates (subject to hydrolysis) is 1. The lowest BCUT2D eigenvalue weighted by Gasteiger charge is -2.19. The molecule has 0 heterocycles. The molecule has 4 nitrogen and oxygen atoms in total. The maximum absolute atomic E-state index is 11.5. The molecule has 1 aromatic rings. The van der Waals surface area contributed by atoms with E-state index in [-0.39, 0.29) is 6.09 Å². The fourth-order valence-electron chi connectivity index (χ4n) is 2.00. The monoisotopic (exact) mass is 290 g/mol. The van der Waals surface area contributed by atoms with Crippen LogP contribution in [0.3, 0.4) is 0 Å². The second-order valence-electron chi connectivity index (χ2n) is 6.65. The third-order valence-corrected chi connectivity index (χ3v) is 3.28. The lowest BCUT2D eigenvalue weighted by atomic mass is 10.1.